The van der Waals surface area contributed by atoms with E-state index in [1.807, 2.05) is 67.7 Å². The molecular formula is C24H25NO4. The number of hydrogen-bond acceptors (Lipinski definition) is 5. The first-order valence-electron chi connectivity index (χ1n) is 9.71. The number of ether oxygens (including phenoxy) is 3. The molecule has 0 aliphatic carbocycles. The topological polar surface area (TPSA) is 51.2 Å². The number of aliphatic hydroxyl groups is 1. The van der Waals surface area contributed by atoms with Crippen molar-refractivity contribution in [1.82, 2.24) is 4.90 Å². The number of aliphatic hydroxyl groups excluding tert-OH is 1. The lowest BCUT2D eigenvalue weighted by Crippen LogP contribution is -2.32. The fourth-order valence-electron chi connectivity index (χ4n) is 3.39. The van der Waals surface area contributed by atoms with Crippen molar-refractivity contribution >= 4 is 0 Å². The third kappa shape index (κ3) is 5.08. The van der Waals surface area contributed by atoms with E-state index in [0.717, 1.165) is 28.4 Å². The molecule has 1 heterocycles. The van der Waals surface area contributed by atoms with Crippen LogP contribution in [0.3, 0.4) is 0 Å². The van der Waals surface area contributed by atoms with Crippen LogP contribution in [-0.4, -0.2) is 43.1 Å². The molecule has 1 N–H and O–H groups in total. The average molecular weight is 391 g/mol. The van der Waals surface area contributed by atoms with E-state index in [1.165, 1.54) is 5.56 Å². The molecule has 0 saturated heterocycles. The van der Waals surface area contributed by atoms with Crippen LogP contribution < -0.4 is 14.2 Å². The van der Waals surface area contributed by atoms with Crippen LogP contribution in [0.2, 0.25) is 0 Å². The summed E-state index contributed by atoms with van der Waals surface area (Å²) in [6, 6.07) is 24.1. The van der Waals surface area contributed by atoms with Gasteiger partial charge in [-0.05, 0) is 48.0 Å². The van der Waals surface area contributed by atoms with E-state index >= 15 is 0 Å². The smallest absolute Gasteiger partial charge is 0.231 e. The Bertz CT molecular complexity index is 927. The van der Waals surface area contributed by atoms with E-state index in [0.29, 0.717) is 13.1 Å². The van der Waals surface area contributed by atoms with Gasteiger partial charge in [-0.2, -0.15) is 0 Å². The molecule has 5 heteroatoms. The molecule has 0 radical (unpaired) electrons. The zero-order valence-electron chi connectivity index (χ0n) is 16.5. The van der Waals surface area contributed by atoms with Gasteiger partial charge in [0.15, 0.2) is 11.5 Å². The molecule has 1 atom stereocenters. The zero-order chi connectivity index (χ0) is 20.1. The number of rotatable bonds is 8. The second-order valence-corrected chi connectivity index (χ2v) is 7.24. The first-order chi connectivity index (χ1) is 14.2. The summed E-state index contributed by atoms with van der Waals surface area (Å²) in [5, 5.41) is 10.3. The third-order valence-corrected chi connectivity index (χ3v) is 4.82. The molecule has 3 aromatic carbocycles. The Morgan fingerprint density at radius 3 is 2.45 bits per heavy atom. The molecule has 0 spiro atoms. The molecule has 0 saturated carbocycles. The largest absolute Gasteiger partial charge is 0.491 e. The summed E-state index contributed by atoms with van der Waals surface area (Å²) < 4.78 is 16.5. The Morgan fingerprint density at radius 1 is 0.931 bits per heavy atom. The van der Waals surface area contributed by atoms with Gasteiger partial charge in [0.05, 0.1) is 0 Å². The fraction of sp³-hybridized carbons (Fsp3) is 0.250. The molecule has 29 heavy (non-hydrogen) atoms. The minimum atomic E-state index is -0.581. The summed E-state index contributed by atoms with van der Waals surface area (Å²) in [4.78, 5) is 2.06. The van der Waals surface area contributed by atoms with E-state index in [-0.39, 0.29) is 13.4 Å². The van der Waals surface area contributed by atoms with Crippen molar-refractivity contribution in [1.29, 1.82) is 0 Å². The van der Waals surface area contributed by atoms with E-state index in [9.17, 15) is 5.11 Å². The zero-order valence-corrected chi connectivity index (χ0v) is 16.5. The lowest BCUT2D eigenvalue weighted by atomic mass is 10.1. The monoisotopic (exact) mass is 391 g/mol. The Labute approximate surface area is 171 Å². The normalized spacial score (nSPS) is 13.5. The van der Waals surface area contributed by atoms with Gasteiger partial charge in [0.1, 0.15) is 18.5 Å². The number of nitrogens with zero attached hydrogens (tertiary/aromatic N) is 1. The molecular weight excluding hydrogens is 366 g/mol. The second kappa shape index (κ2) is 8.99. The molecule has 1 aliphatic heterocycles. The molecule has 150 valence electrons. The van der Waals surface area contributed by atoms with Gasteiger partial charge in [-0.15, -0.1) is 0 Å². The Morgan fingerprint density at radius 2 is 1.66 bits per heavy atom. The van der Waals surface area contributed by atoms with Crippen LogP contribution in [0.15, 0.2) is 72.8 Å². The molecule has 0 aromatic heterocycles. The lowest BCUT2D eigenvalue weighted by molar-refractivity contribution is 0.0744. The average Bonchev–Trinajstić information content (AvgIpc) is 3.21. The molecule has 0 fully saturated rings. The Hall–Kier alpha value is -3.02. The van der Waals surface area contributed by atoms with Crippen LogP contribution in [0.5, 0.6) is 17.2 Å². The summed E-state index contributed by atoms with van der Waals surface area (Å²) >= 11 is 0. The number of likely N-dealkylation sites (N-methyl/N-ethyl adjacent to an activating group) is 1. The number of benzene rings is 3. The van der Waals surface area contributed by atoms with E-state index in [2.05, 4.69) is 17.0 Å². The van der Waals surface area contributed by atoms with Gasteiger partial charge in [0.2, 0.25) is 6.79 Å². The Balaban J connectivity index is 1.24. The first kappa shape index (κ1) is 19.3. The minimum absolute atomic E-state index is 0.246. The predicted octanol–water partition coefficient (Wildman–Crippen LogP) is 3.95. The van der Waals surface area contributed by atoms with Gasteiger partial charge in [0, 0.05) is 13.1 Å². The first-order valence-corrected chi connectivity index (χ1v) is 9.71. The molecule has 1 aliphatic rings. The van der Waals surface area contributed by atoms with Crippen molar-refractivity contribution in [2.24, 2.45) is 0 Å². The van der Waals surface area contributed by atoms with E-state index in [4.69, 9.17) is 14.2 Å². The molecule has 0 bridgehead atoms. The maximum absolute atomic E-state index is 10.3. The van der Waals surface area contributed by atoms with Crippen molar-refractivity contribution < 1.29 is 19.3 Å². The van der Waals surface area contributed by atoms with Crippen molar-refractivity contribution in [3.05, 3.63) is 78.4 Å². The lowest BCUT2D eigenvalue weighted by Gasteiger charge is -2.21. The van der Waals surface area contributed by atoms with Gasteiger partial charge < -0.3 is 19.3 Å². The van der Waals surface area contributed by atoms with Crippen LogP contribution in [0, 0.1) is 0 Å². The fourth-order valence-corrected chi connectivity index (χ4v) is 3.39. The van der Waals surface area contributed by atoms with Gasteiger partial charge in [-0.3, -0.25) is 4.90 Å². The molecule has 5 nitrogen and oxygen atoms in total. The Kier molecular flexibility index (Phi) is 5.98. The van der Waals surface area contributed by atoms with Crippen molar-refractivity contribution in [3.63, 3.8) is 0 Å². The van der Waals surface area contributed by atoms with Crippen molar-refractivity contribution in [2.75, 3.05) is 27.0 Å². The second-order valence-electron chi connectivity index (χ2n) is 7.24. The highest BCUT2D eigenvalue weighted by molar-refractivity contribution is 5.63. The highest BCUT2D eigenvalue weighted by Gasteiger charge is 2.15. The van der Waals surface area contributed by atoms with Crippen LogP contribution in [0.4, 0.5) is 0 Å². The van der Waals surface area contributed by atoms with Crippen molar-refractivity contribution in [3.8, 4) is 28.4 Å². The number of fused-ring (bicyclic) bond motifs is 1. The van der Waals surface area contributed by atoms with E-state index < -0.39 is 6.10 Å². The predicted molar refractivity (Wildman–Crippen MR) is 112 cm³/mol. The van der Waals surface area contributed by atoms with Gasteiger partial charge in [0.25, 0.3) is 0 Å². The van der Waals surface area contributed by atoms with Gasteiger partial charge in [-0.1, -0.05) is 48.5 Å². The molecule has 4 rings (SSSR count). The standard InChI is InChI=1S/C24H25NO4/c1-25(14-18-7-12-23-24(13-18)29-17-28-23)15-21(26)16-27-22-10-8-20(9-11-22)19-5-3-2-4-6-19/h2-13,21,26H,14-17H2,1H3. The maximum Gasteiger partial charge on any atom is 0.231 e. The van der Waals surface area contributed by atoms with E-state index in [1.54, 1.807) is 0 Å². The number of hydrogen-bond donors (Lipinski definition) is 1. The summed E-state index contributed by atoms with van der Waals surface area (Å²) in [5.74, 6) is 2.31. The highest BCUT2D eigenvalue weighted by atomic mass is 16.7. The van der Waals surface area contributed by atoms with Gasteiger partial charge >= 0.3 is 0 Å². The summed E-state index contributed by atoms with van der Waals surface area (Å²) in [6.45, 7) is 1.74. The molecule has 3 aromatic rings. The molecule has 1 unspecified atom stereocenters. The van der Waals surface area contributed by atoms with Crippen LogP contribution >= 0.6 is 0 Å². The van der Waals surface area contributed by atoms with Crippen LogP contribution in [-0.2, 0) is 6.54 Å². The van der Waals surface area contributed by atoms with Crippen molar-refractivity contribution in [2.45, 2.75) is 12.6 Å². The quantitative estimate of drug-likeness (QED) is 0.630. The summed E-state index contributed by atoms with van der Waals surface area (Å²) in [7, 11) is 1.97. The summed E-state index contributed by atoms with van der Waals surface area (Å²) in [6.07, 6.45) is -0.581. The molecule has 0 amide bonds. The third-order valence-electron chi connectivity index (χ3n) is 4.82. The minimum Gasteiger partial charge on any atom is -0.491 e. The highest BCUT2D eigenvalue weighted by Crippen LogP contribution is 2.32. The summed E-state index contributed by atoms with van der Waals surface area (Å²) in [5.41, 5.74) is 3.42. The SMILES string of the molecule is CN(Cc1ccc2c(c1)OCO2)CC(O)COc1ccc(-c2ccccc2)cc1. The van der Waals surface area contributed by atoms with Crippen LogP contribution in [0.25, 0.3) is 11.1 Å². The maximum atomic E-state index is 10.3. The van der Waals surface area contributed by atoms with Gasteiger partial charge in [-0.25, -0.2) is 0 Å². The van der Waals surface area contributed by atoms with Crippen LogP contribution in [0.1, 0.15) is 5.56 Å².